The number of sulfonamides is 1. The highest BCUT2D eigenvalue weighted by atomic mass is 32.2. The molecule has 1 N–H and O–H groups in total. The number of rotatable bonds is 6. The molecule has 3 aromatic rings. The van der Waals surface area contributed by atoms with Crippen molar-refractivity contribution in [2.45, 2.75) is 11.4 Å². The molecule has 0 atom stereocenters. The SMILES string of the molecule is O=C(c1cccs1)c1ccc(CNS(=O)(=O)c2cccc(F)c2)s1. The van der Waals surface area contributed by atoms with E-state index in [2.05, 4.69) is 4.72 Å². The molecule has 2 heterocycles. The molecule has 0 saturated carbocycles. The van der Waals surface area contributed by atoms with Gasteiger partial charge in [0.2, 0.25) is 15.8 Å². The van der Waals surface area contributed by atoms with E-state index >= 15 is 0 Å². The van der Waals surface area contributed by atoms with Gasteiger partial charge in [0.15, 0.2) is 0 Å². The summed E-state index contributed by atoms with van der Waals surface area (Å²) in [5, 5.41) is 1.83. The lowest BCUT2D eigenvalue weighted by molar-refractivity contribution is 0.104. The largest absolute Gasteiger partial charge is 0.287 e. The van der Waals surface area contributed by atoms with E-state index in [0.717, 1.165) is 6.07 Å². The van der Waals surface area contributed by atoms with Gasteiger partial charge < -0.3 is 0 Å². The van der Waals surface area contributed by atoms with Crippen LogP contribution in [-0.2, 0) is 16.6 Å². The summed E-state index contributed by atoms with van der Waals surface area (Å²) in [7, 11) is -3.80. The Balaban J connectivity index is 1.70. The molecule has 24 heavy (non-hydrogen) atoms. The first-order valence-corrected chi connectivity index (χ1v) is 10.1. The molecular formula is C16H12FNO3S3. The summed E-state index contributed by atoms with van der Waals surface area (Å²) in [5.74, 6) is -0.688. The monoisotopic (exact) mass is 381 g/mol. The van der Waals surface area contributed by atoms with Crippen LogP contribution in [0.15, 0.2) is 58.8 Å². The normalized spacial score (nSPS) is 11.5. The molecule has 0 radical (unpaired) electrons. The molecule has 0 aliphatic rings. The third-order valence-electron chi connectivity index (χ3n) is 3.17. The number of carbonyl (C=O) groups is 1. The van der Waals surface area contributed by atoms with Gasteiger partial charge in [-0.05, 0) is 41.8 Å². The van der Waals surface area contributed by atoms with Crippen molar-refractivity contribution in [3.63, 3.8) is 0 Å². The predicted molar refractivity (Wildman–Crippen MR) is 92.5 cm³/mol. The highest BCUT2D eigenvalue weighted by Crippen LogP contribution is 2.22. The van der Waals surface area contributed by atoms with Crippen molar-refractivity contribution in [3.05, 3.63) is 74.4 Å². The van der Waals surface area contributed by atoms with Crippen LogP contribution < -0.4 is 4.72 Å². The van der Waals surface area contributed by atoms with Gasteiger partial charge in [-0.2, -0.15) is 0 Å². The van der Waals surface area contributed by atoms with Crippen LogP contribution in [-0.4, -0.2) is 14.2 Å². The lowest BCUT2D eigenvalue weighted by Crippen LogP contribution is -2.22. The van der Waals surface area contributed by atoms with Crippen LogP contribution in [0.2, 0.25) is 0 Å². The minimum atomic E-state index is -3.80. The number of thiophene rings is 2. The molecule has 124 valence electrons. The Morgan fingerprint density at radius 1 is 1.08 bits per heavy atom. The van der Waals surface area contributed by atoms with Gasteiger partial charge in [0, 0.05) is 11.4 Å². The van der Waals surface area contributed by atoms with E-state index in [9.17, 15) is 17.6 Å². The average Bonchev–Trinajstić information content (AvgIpc) is 3.24. The summed E-state index contributed by atoms with van der Waals surface area (Å²) in [6, 6.07) is 11.7. The number of benzene rings is 1. The van der Waals surface area contributed by atoms with Crippen LogP contribution in [0.5, 0.6) is 0 Å². The van der Waals surface area contributed by atoms with E-state index in [-0.39, 0.29) is 17.2 Å². The molecule has 0 spiro atoms. The molecule has 0 aliphatic carbocycles. The quantitative estimate of drug-likeness (QED) is 0.663. The minimum Gasteiger partial charge on any atom is -0.287 e. The molecule has 0 fully saturated rings. The number of hydrogen-bond donors (Lipinski definition) is 1. The fraction of sp³-hybridized carbons (Fsp3) is 0.0625. The van der Waals surface area contributed by atoms with Gasteiger partial charge in [-0.3, -0.25) is 4.79 Å². The van der Waals surface area contributed by atoms with Gasteiger partial charge in [0.1, 0.15) is 5.82 Å². The Bertz CT molecular complexity index is 962. The molecular weight excluding hydrogens is 369 g/mol. The topological polar surface area (TPSA) is 63.2 Å². The van der Waals surface area contributed by atoms with E-state index in [0.29, 0.717) is 14.6 Å². The lowest BCUT2D eigenvalue weighted by Gasteiger charge is -2.05. The zero-order chi connectivity index (χ0) is 17.2. The van der Waals surface area contributed by atoms with Crippen LogP contribution in [0.4, 0.5) is 4.39 Å². The van der Waals surface area contributed by atoms with Crippen LogP contribution in [0, 0.1) is 5.82 Å². The zero-order valence-electron chi connectivity index (χ0n) is 12.2. The molecule has 8 heteroatoms. The van der Waals surface area contributed by atoms with E-state index < -0.39 is 15.8 Å². The second-order valence-corrected chi connectivity index (χ2v) is 8.74. The van der Waals surface area contributed by atoms with Gasteiger partial charge in [0.25, 0.3) is 0 Å². The Kier molecular flexibility index (Phi) is 4.91. The highest BCUT2D eigenvalue weighted by molar-refractivity contribution is 7.89. The second-order valence-electron chi connectivity index (χ2n) is 4.85. The first-order valence-electron chi connectivity index (χ1n) is 6.88. The molecule has 4 nitrogen and oxygen atoms in total. The summed E-state index contributed by atoms with van der Waals surface area (Å²) >= 11 is 2.60. The van der Waals surface area contributed by atoms with Crippen LogP contribution in [0.25, 0.3) is 0 Å². The first kappa shape index (κ1) is 17.0. The molecule has 0 amide bonds. The third-order valence-corrected chi connectivity index (χ3v) is 6.52. The molecule has 0 saturated heterocycles. The molecule has 0 bridgehead atoms. The molecule has 3 rings (SSSR count). The summed E-state index contributed by atoms with van der Waals surface area (Å²) in [5.41, 5.74) is 0. The number of nitrogens with one attached hydrogen (secondary N) is 1. The van der Waals surface area contributed by atoms with E-state index in [4.69, 9.17) is 0 Å². The Labute approximate surface area is 146 Å². The van der Waals surface area contributed by atoms with Crippen molar-refractivity contribution in [1.82, 2.24) is 4.72 Å². The molecule has 0 unspecified atom stereocenters. The smallest absolute Gasteiger partial charge is 0.240 e. The summed E-state index contributed by atoms with van der Waals surface area (Å²) < 4.78 is 39.9. The van der Waals surface area contributed by atoms with Crippen LogP contribution in [0.3, 0.4) is 0 Å². The maximum absolute atomic E-state index is 13.2. The zero-order valence-corrected chi connectivity index (χ0v) is 14.7. The third kappa shape index (κ3) is 3.78. The number of ketones is 1. The van der Waals surface area contributed by atoms with Gasteiger partial charge in [-0.1, -0.05) is 12.1 Å². The highest BCUT2D eigenvalue weighted by Gasteiger charge is 2.16. The number of hydrogen-bond acceptors (Lipinski definition) is 5. The summed E-state index contributed by atoms with van der Waals surface area (Å²) in [6.45, 7) is 0.0429. The van der Waals surface area contributed by atoms with Crippen molar-refractivity contribution in [3.8, 4) is 0 Å². The second kappa shape index (κ2) is 6.94. The van der Waals surface area contributed by atoms with Crippen molar-refractivity contribution in [2.75, 3.05) is 0 Å². The number of halogens is 1. The van der Waals surface area contributed by atoms with E-state index in [1.54, 1.807) is 24.3 Å². The van der Waals surface area contributed by atoms with Crippen molar-refractivity contribution in [1.29, 1.82) is 0 Å². The fourth-order valence-electron chi connectivity index (χ4n) is 2.01. The van der Waals surface area contributed by atoms with E-state index in [1.165, 1.54) is 40.9 Å². The van der Waals surface area contributed by atoms with Gasteiger partial charge in [-0.25, -0.2) is 17.5 Å². The molecule has 0 aliphatic heterocycles. The average molecular weight is 381 g/mol. The standard InChI is InChI=1S/C16H12FNO3S3/c17-11-3-1-4-13(9-11)24(20,21)18-10-12-6-7-15(23-12)16(19)14-5-2-8-22-14/h1-9,18H,10H2. The maximum atomic E-state index is 13.2. The summed E-state index contributed by atoms with van der Waals surface area (Å²) in [6.07, 6.45) is 0. The van der Waals surface area contributed by atoms with Crippen molar-refractivity contribution < 1.29 is 17.6 Å². The Morgan fingerprint density at radius 2 is 1.92 bits per heavy atom. The van der Waals surface area contributed by atoms with Gasteiger partial charge >= 0.3 is 0 Å². The summed E-state index contributed by atoms with van der Waals surface area (Å²) in [4.78, 5) is 14.0. The van der Waals surface area contributed by atoms with Crippen molar-refractivity contribution in [2.24, 2.45) is 0 Å². The van der Waals surface area contributed by atoms with Gasteiger partial charge in [-0.15, -0.1) is 22.7 Å². The first-order chi connectivity index (χ1) is 11.5. The number of carbonyl (C=O) groups excluding carboxylic acids is 1. The Morgan fingerprint density at radius 3 is 2.62 bits per heavy atom. The van der Waals surface area contributed by atoms with Crippen LogP contribution >= 0.6 is 22.7 Å². The molecule has 1 aromatic carbocycles. The van der Waals surface area contributed by atoms with Crippen LogP contribution in [0.1, 0.15) is 19.4 Å². The Hall–Kier alpha value is -1.87. The fourth-order valence-corrected chi connectivity index (χ4v) is 4.78. The molecule has 2 aromatic heterocycles. The predicted octanol–water partition coefficient (Wildman–Crippen LogP) is 3.66. The van der Waals surface area contributed by atoms with Gasteiger partial charge in [0.05, 0.1) is 14.6 Å². The maximum Gasteiger partial charge on any atom is 0.240 e. The van der Waals surface area contributed by atoms with Crippen molar-refractivity contribution >= 4 is 38.5 Å². The van der Waals surface area contributed by atoms with E-state index in [1.807, 2.05) is 5.38 Å². The lowest BCUT2D eigenvalue weighted by atomic mass is 10.3. The minimum absolute atomic E-state index is 0.0429.